The number of rotatable bonds is 12. The molecule has 5 rings (SSSR count). The Labute approximate surface area is 262 Å². The van der Waals surface area contributed by atoms with Crippen molar-refractivity contribution in [1.82, 2.24) is 35.4 Å². The number of anilines is 1. The standard InChI is InChI=1S/C22H22F3N9O6S4/c1-2-3-34-20(29-31-32-34)44-9-21(18(38)39)7-33-15(36)13(16(33)43-8-21)27-14(35)12(30-40-10-4-41-5-10)11-6-42-19(26-11)28-17(37)22(23,24)25/h2,6,10,13,16H,1,3-5,7-9H2,(H,27,35)(H,38,39)(H,26,28,37)/t13?,16-,21?/m1/s1. The van der Waals surface area contributed by atoms with Crippen LogP contribution in [0.1, 0.15) is 5.69 Å². The zero-order valence-electron chi connectivity index (χ0n) is 22.2. The second-order valence-corrected chi connectivity index (χ2v) is 13.6. The molecule has 0 radical (unpaired) electrons. The average molecular weight is 694 g/mol. The number of aromatic nitrogens is 5. The maximum Gasteiger partial charge on any atom is 0.471 e. The molecule has 0 bridgehead atoms. The zero-order valence-corrected chi connectivity index (χ0v) is 25.5. The monoisotopic (exact) mass is 693 g/mol. The summed E-state index contributed by atoms with van der Waals surface area (Å²) in [6.45, 7) is 3.85. The van der Waals surface area contributed by atoms with Crippen molar-refractivity contribution < 1.29 is 42.3 Å². The van der Waals surface area contributed by atoms with E-state index < -0.39 is 57.5 Å². The number of oxime groups is 1. The Morgan fingerprint density at radius 1 is 1.34 bits per heavy atom. The zero-order chi connectivity index (χ0) is 31.6. The first-order valence-corrected chi connectivity index (χ1v) is 16.6. The van der Waals surface area contributed by atoms with Crippen LogP contribution in [0.3, 0.4) is 0 Å². The second kappa shape index (κ2) is 12.9. The maximum atomic E-state index is 13.3. The lowest BCUT2D eigenvalue weighted by atomic mass is 9.89. The van der Waals surface area contributed by atoms with Crippen LogP contribution in [0.5, 0.6) is 0 Å². The summed E-state index contributed by atoms with van der Waals surface area (Å²) in [5, 5.41) is 30.1. The molecule has 22 heteroatoms. The van der Waals surface area contributed by atoms with Crippen LogP contribution in [0.15, 0.2) is 28.3 Å². The molecule has 3 amide bonds. The lowest BCUT2D eigenvalue weighted by Crippen LogP contribution is -2.74. The van der Waals surface area contributed by atoms with Crippen LogP contribution in [0.4, 0.5) is 18.3 Å². The number of nitrogens with one attached hydrogen (secondary N) is 2. The Hall–Kier alpha value is -3.37. The van der Waals surface area contributed by atoms with Gasteiger partial charge in [-0.1, -0.05) is 23.0 Å². The van der Waals surface area contributed by atoms with Crippen molar-refractivity contribution in [2.75, 3.05) is 34.9 Å². The van der Waals surface area contributed by atoms with Crippen molar-refractivity contribution in [1.29, 1.82) is 0 Å². The van der Waals surface area contributed by atoms with E-state index in [9.17, 15) is 37.5 Å². The number of carbonyl (C=O) groups is 4. The highest BCUT2D eigenvalue weighted by atomic mass is 32.2. The van der Waals surface area contributed by atoms with Gasteiger partial charge in [0.15, 0.2) is 10.8 Å². The number of fused-ring (bicyclic) bond motifs is 1. The molecule has 15 nitrogen and oxygen atoms in total. The van der Waals surface area contributed by atoms with Crippen LogP contribution in [-0.2, 0) is 30.6 Å². The smallest absolute Gasteiger partial charge is 0.471 e. The number of carbonyl (C=O) groups excluding carboxylic acids is 3. The average Bonchev–Trinajstić information content (AvgIpc) is 3.60. The molecular weight excluding hydrogens is 672 g/mol. The van der Waals surface area contributed by atoms with Gasteiger partial charge in [0, 0.05) is 34.9 Å². The first-order valence-electron chi connectivity index (χ1n) is 12.5. The molecule has 0 aliphatic carbocycles. The quantitative estimate of drug-likeness (QED) is 0.0935. The highest BCUT2D eigenvalue weighted by Crippen LogP contribution is 2.44. The number of β-lactam (4-membered cyclic amide) rings is 1. The molecule has 3 N–H and O–H groups in total. The summed E-state index contributed by atoms with van der Waals surface area (Å²) < 4.78 is 39.4. The molecule has 0 spiro atoms. The minimum absolute atomic E-state index is 0.0744. The molecule has 2 aromatic rings. The number of nitrogens with zero attached hydrogens (tertiary/aromatic N) is 7. The van der Waals surface area contributed by atoms with Crippen LogP contribution in [0.2, 0.25) is 0 Å². The molecular formula is C22H22F3N9O6S4. The fourth-order valence-electron chi connectivity index (χ4n) is 4.07. The summed E-state index contributed by atoms with van der Waals surface area (Å²) in [5.74, 6) is -3.30. The summed E-state index contributed by atoms with van der Waals surface area (Å²) in [4.78, 5) is 60.7. The lowest BCUT2D eigenvalue weighted by Gasteiger charge is -2.53. The molecule has 236 valence electrons. The molecule has 3 fully saturated rings. The third-order valence-corrected chi connectivity index (χ3v) is 11.3. The van der Waals surface area contributed by atoms with Gasteiger partial charge in [-0.3, -0.25) is 24.5 Å². The Bertz CT molecular complexity index is 1500. The van der Waals surface area contributed by atoms with Crippen molar-refractivity contribution >= 4 is 81.2 Å². The van der Waals surface area contributed by atoms with E-state index in [1.807, 2.05) is 0 Å². The summed E-state index contributed by atoms with van der Waals surface area (Å²) in [7, 11) is 0. The van der Waals surface area contributed by atoms with E-state index in [-0.39, 0.29) is 29.8 Å². The largest absolute Gasteiger partial charge is 0.481 e. The van der Waals surface area contributed by atoms with Gasteiger partial charge in [-0.15, -0.1) is 34.8 Å². The van der Waals surface area contributed by atoms with Crippen molar-refractivity contribution in [2.24, 2.45) is 10.6 Å². The first kappa shape index (κ1) is 32.0. The fraction of sp³-hybridized carbons (Fsp3) is 0.500. The van der Waals surface area contributed by atoms with Gasteiger partial charge < -0.3 is 20.2 Å². The molecule has 0 aromatic carbocycles. The number of thioether (sulfide) groups is 3. The maximum absolute atomic E-state index is 13.3. The Morgan fingerprint density at radius 2 is 2.11 bits per heavy atom. The first-order chi connectivity index (χ1) is 20.9. The number of aliphatic carboxylic acids is 1. The number of thiazole rings is 1. The molecule has 2 unspecified atom stereocenters. The third-order valence-electron chi connectivity index (χ3n) is 6.50. The predicted octanol–water partition coefficient (Wildman–Crippen LogP) is 0.916. The van der Waals surface area contributed by atoms with Gasteiger partial charge in [0.25, 0.3) is 5.91 Å². The van der Waals surface area contributed by atoms with Gasteiger partial charge in [-0.25, -0.2) is 9.67 Å². The Morgan fingerprint density at radius 3 is 2.77 bits per heavy atom. The number of tetrazole rings is 1. The van der Waals surface area contributed by atoms with Crippen molar-refractivity contribution in [2.45, 2.75) is 35.4 Å². The number of amides is 3. The van der Waals surface area contributed by atoms with Crippen molar-refractivity contribution in [3.8, 4) is 0 Å². The fourth-order valence-corrected chi connectivity index (χ4v) is 8.06. The van der Waals surface area contributed by atoms with Crippen LogP contribution < -0.4 is 10.6 Å². The molecule has 0 saturated carbocycles. The minimum atomic E-state index is -5.14. The highest BCUT2D eigenvalue weighted by molar-refractivity contribution is 8.01. The number of alkyl halides is 3. The number of halogens is 3. The summed E-state index contributed by atoms with van der Waals surface area (Å²) in [5.41, 5.74) is -1.88. The highest BCUT2D eigenvalue weighted by Gasteiger charge is 2.57. The van der Waals surface area contributed by atoms with Crippen molar-refractivity contribution in [3.63, 3.8) is 0 Å². The Kier molecular flexibility index (Phi) is 9.41. The second-order valence-electron chi connectivity index (χ2n) is 9.62. The van der Waals surface area contributed by atoms with Crippen LogP contribution in [0.25, 0.3) is 0 Å². The topological polar surface area (TPSA) is 194 Å². The van der Waals surface area contributed by atoms with E-state index in [0.29, 0.717) is 34.5 Å². The van der Waals surface area contributed by atoms with Crippen LogP contribution in [-0.4, -0.2) is 118 Å². The summed E-state index contributed by atoms with van der Waals surface area (Å²) >= 11 is 4.55. The van der Waals surface area contributed by atoms with E-state index in [1.54, 1.807) is 23.2 Å². The number of allylic oxidation sites excluding steroid dienone is 1. The minimum Gasteiger partial charge on any atom is -0.481 e. The van der Waals surface area contributed by atoms with E-state index >= 15 is 0 Å². The molecule has 3 saturated heterocycles. The van der Waals surface area contributed by atoms with Crippen LogP contribution >= 0.6 is 46.6 Å². The predicted molar refractivity (Wildman–Crippen MR) is 154 cm³/mol. The van der Waals surface area contributed by atoms with E-state index in [1.165, 1.54) is 26.7 Å². The van der Waals surface area contributed by atoms with Gasteiger partial charge in [0.1, 0.15) is 28.6 Å². The molecule has 44 heavy (non-hydrogen) atoms. The van der Waals surface area contributed by atoms with Gasteiger partial charge in [0.2, 0.25) is 11.1 Å². The van der Waals surface area contributed by atoms with E-state index in [4.69, 9.17) is 4.84 Å². The van der Waals surface area contributed by atoms with E-state index in [2.05, 4.69) is 37.6 Å². The van der Waals surface area contributed by atoms with Gasteiger partial charge in [-0.05, 0) is 10.4 Å². The van der Waals surface area contributed by atoms with E-state index in [0.717, 1.165) is 11.8 Å². The Balaban J connectivity index is 1.26. The summed E-state index contributed by atoms with van der Waals surface area (Å²) in [6, 6.07) is -1.03. The molecule has 3 aliphatic rings. The number of carboxylic acid groups (broad SMARTS) is 1. The molecule has 3 aliphatic heterocycles. The van der Waals surface area contributed by atoms with Crippen LogP contribution in [0, 0.1) is 5.41 Å². The summed E-state index contributed by atoms with van der Waals surface area (Å²) in [6.07, 6.45) is -3.84. The molecule has 3 atom stereocenters. The van der Waals surface area contributed by atoms with Gasteiger partial charge >= 0.3 is 18.1 Å². The normalized spacial score (nSPS) is 23.7. The molecule has 2 aromatic heterocycles. The van der Waals surface area contributed by atoms with Gasteiger partial charge in [-0.2, -0.15) is 24.9 Å². The number of hydrogen-bond acceptors (Lipinski definition) is 14. The molecule has 5 heterocycles. The van der Waals surface area contributed by atoms with Crippen molar-refractivity contribution in [3.05, 3.63) is 23.7 Å². The SMILES string of the molecule is C=CCn1nnnc1SCC1(C(=O)O)CS[C@@H]2C(NC(=O)C(=NOC3CSC3)c3csc(NC(=O)C(F)(F)F)n3)C(=O)N2C1. The number of hydrogen-bond donors (Lipinski definition) is 3. The lowest BCUT2D eigenvalue weighted by molar-refractivity contribution is -0.167. The third kappa shape index (κ3) is 6.66. The number of carboxylic acids is 1. The van der Waals surface area contributed by atoms with Gasteiger partial charge in [0.05, 0.1) is 6.54 Å².